The second kappa shape index (κ2) is 7.91. The predicted octanol–water partition coefficient (Wildman–Crippen LogP) is 3.92. The number of nitrogens with zero attached hydrogens (tertiary/aromatic N) is 4. The Bertz CT molecular complexity index is 787. The smallest absolute Gasteiger partial charge is 0.321 e. The van der Waals surface area contributed by atoms with Crippen molar-refractivity contribution in [3.63, 3.8) is 0 Å². The maximum atomic E-state index is 12.5. The lowest BCUT2D eigenvalue weighted by Gasteiger charge is -2.35. The molecule has 0 spiro atoms. The summed E-state index contributed by atoms with van der Waals surface area (Å²) in [6.07, 6.45) is 1.80. The number of rotatable bonds is 3. The van der Waals surface area contributed by atoms with Crippen LogP contribution >= 0.6 is 11.6 Å². The van der Waals surface area contributed by atoms with Gasteiger partial charge in [0.15, 0.2) is 0 Å². The number of amides is 2. The third kappa shape index (κ3) is 4.25. The number of anilines is 2. The number of halogens is 1. The molecule has 0 aliphatic carbocycles. The summed E-state index contributed by atoms with van der Waals surface area (Å²) in [5.41, 5.74) is 1.70. The minimum atomic E-state index is -0.102. The van der Waals surface area contributed by atoms with Crippen LogP contribution in [0.5, 0.6) is 0 Å². The molecule has 6 nitrogen and oxygen atoms in total. The summed E-state index contributed by atoms with van der Waals surface area (Å²) in [7, 11) is 0. The Labute approximate surface area is 159 Å². The molecule has 1 saturated heterocycles. The van der Waals surface area contributed by atoms with Crippen molar-refractivity contribution in [2.24, 2.45) is 0 Å². The van der Waals surface area contributed by atoms with Gasteiger partial charge in [-0.25, -0.2) is 14.8 Å². The van der Waals surface area contributed by atoms with Gasteiger partial charge in [0.25, 0.3) is 0 Å². The van der Waals surface area contributed by atoms with Crippen LogP contribution in [0, 0.1) is 6.92 Å². The fourth-order valence-corrected chi connectivity index (χ4v) is 3.01. The molecule has 1 aliphatic rings. The molecule has 26 heavy (non-hydrogen) atoms. The number of piperazine rings is 1. The molecule has 3 rings (SSSR count). The number of hydrogen-bond acceptors (Lipinski definition) is 4. The molecule has 0 bridgehead atoms. The number of aryl methyl sites for hydroxylation is 1. The zero-order chi connectivity index (χ0) is 18.7. The molecular weight excluding hydrogens is 350 g/mol. The van der Waals surface area contributed by atoms with Crippen LogP contribution in [-0.2, 0) is 0 Å². The summed E-state index contributed by atoms with van der Waals surface area (Å²) in [5.74, 6) is 2.07. The minimum Gasteiger partial charge on any atom is -0.353 e. The molecule has 1 fully saturated rings. The number of aromatic nitrogens is 2. The summed E-state index contributed by atoms with van der Waals surface area (Å²) >= 11 is 6.12. The quantitative estimate of drug-likeness (QED) is 0.885. The number of nitrogens with one attached hydrogen (secondary N) is 1. The molecule has 1 aliphatic heterocycles. The van der Waals surface area contributed by atoms with Gasteiger partial charge in [-0.3, -0.25) is 0 Å². The molecule has 7 heteroatoms. The Morgan fingerprint density at radius 1 is 1.19 bits per heavy atom. The lowest BCUT2D eigenvalue weighted by Crippen LogP contribution is -2.50. The van der Waals surface area contributed by atoms with E-state index >= 15 is 0 Å². The van der Waals surface area contributed by atoms with Crippen molar-refractivity contribution in [1.29, 1.82) is 0 Å². The van der Waals surface area contributed by atoms with Crippen molar-refractivity contribution in [3.8, 4) is 0 Å². The van der Waals surface area contributed by atoms with Crippen LogP contribution < -0.4 is 10.2 Å². The Morgan fingerprint density at radius 2 is 1.92 bits per heavy atom. The van der Waals surface area contributed by atoms with Gasteiger partial charge in [0, 0.05) is 49.0 Å². The van der Waals surface area contributed by atoms with E-state index < -0.39 is 0 Å². The second-order valence-electron chi connectivity index (χ2n) is 6.80. The third-order valence-electron chi connectivity index (χ3n) is 4.49. The van der Waals surface area contributed by atoms with Gasteiger partial charge in [0.2, 0.25) is 0 Å². The summed E-state index contributed by atoms with van der Waals surface area (Å²) in [4.78, 5) is 25.4. The average molecular weight is 374 g/mol. The molecule has 0 unspecified atom stereocenters. The first-order valence-corrected chi connectivity index (χ1v) is 9.22. The van der Waals surface area contributed by atoms with E-state index in [1.54, 1.807) is 12.3 Å². The monoisotopic (exact) mass is 373 g/mol. The second-order valence-corrected chi connectivity index (χ2v) is 7.20. The van der Waals surface area contributed by atoms with Crippen LogP contribution in [-0.4, -0.2) is 47.1 Å². The molecule has 1 aromatic carbocycles. The van der Waals surface area contributed by atoms with Crippen LogP contribution in [0.1, 0.15) is 31.2 Å². The number of carbonyl (C=O) groups excluding carboxylic acids is 1. The van der Waals surface area contributed by atoms with Crippen LogP contribution in [0.15, 0.2) is 30.5 Å². The van der Waals surface area contributed by atoms with E-state index in [0.29, 0.717) is 29.7 Å². The van der Waals surface area contributed by atoms with E-state index in [0.717, 1.165) is 30.3 Å². The zero-order valence-electron chi connectivity index (χ0n) is 15.4. The summed E-state index contributed by atoms with van der Waals surface area (Å²) in [6.45, 7) is 8.88. The van der Waals surface area contributed by atoms with E-state index in [-0.39, 0.29) is 6.03 Å². The van der Waals surface area contributed by atoms with Gasteiger partial charge in [-0.05, 0) is 30.7 Å². The van der Waals surface area contributed by atoms with Crippen molar-refractivity contribution in [3.05, 3.63) is 46.9 Å². The summed E-state index contributed by atoms with van der Waals surface area (Å²) in [6, 6.07) is 7.37. The molecular formula is C19H24ClN5O. The van der Waals surface area contributed by atoms with Gasteiger partial charge < -0.3 is 15.1 Å². The molecule has 138 valence electrons. The predicted molar refractivity (Wildman–Crippen MR) is 105 cm³/mol. The maximum absolute atomic E-state index is 12.5. The van der Waals surface area contributed by atoms with Gasteiger partial charge in [0.05, 0.1) is 0 Å². The lowest BCUT2D eigenvalue weighted by atomic mass is 10.2. The zero-order valence-corrected chi connectivity index (χ0v) is 16.1. The highest BCUT2D eigenvalue weighted by atomic mass is 35.5. The van der Waals surface area contributed by atoms with E-state index in [1.165, 1.54) is 0 Å². The third-order valence-corrected chi connectivity index (χ3v) is 4.90. The summed E-state index contributed by atoms with van der Waals surface area (Å²) < 4.78 is 0. The molecule has 2 aromatic rings. The topological polar surface area (TPSA) is 61.4 Å². The fraction of sp³-hybridized carbons (Fsp3) is 0.421. The van der Waals surface area contributed by atoms with E-state index in [2.05, 4.69) is 34.0 Å². The van der Waals surface area contributed by atoms with E-state index in [9.17, 15) is 4.79 Å². The molecule has 0 atom stereocenters. The normalized spacial score (nSPS) is 14.7. The van der Waals surface area contributed by atoms with Crippen molar-refractivity contribution in [2.45, 2.75) is 26.7 Å². The number of urea groups is 1. The van der Waals surface area contributed by atoms with Crippen molar-refractivity contribution >= 4 is 29.1 Å². The highest BCUT2D eigenvalue weighted by molar-refractivity contribution is 6.31. The number of benzene rings is 1. The lowest BCUT2D eigenvalue weighted by molar-refractivity contribution is 0.208. The van der Waals surface area contributed by atoms with Crippen LogP contribution in [0.25, 0.3) is 0 Å². The highest BCUT2D eigenvalue weighted by Crippen LogP contribution is 2.21. The van der Waals surface area contributed by atoms with Crippen molar-refractivity contribution < 1.29 is 4.79 Å². The van der Waals surface area contributed by atoms with Crippen LogP contribution in [0.2, 0.25) is 5.02 Å². The molecule has 0 saturated carbocycles. The number of hydrogen-bond donors (Lipinski definition) is 1. The molecule has 0 radical (unpaired) electrons. The van der Waals surface area contributed by atoms with Gasteiger partial charge in [-0.1, -0.05) is 31.5 Å². The Hall–Kier alpha value is -2.34. The standard InChI is InChI=1S/C19H24ClN5O/c1-13(2)18-21-7-6-17(23-18)24-8-10-25(11-9-24)19(26)22-15-5-4-14(3)16(20)12-15/h4-7,12-13H,8-11H2,1-3H3,(H,22,26). The number of carbonyl (C=O) groups is 1. The SMILES string of the molecule is Cc1ccc(NC(=O)N2CCN(c3ccnc(C(C)C)n3)CC2)cc1Cl. The Morgan fingerprint density at radius 3 is 2.58 bits per heavy atom. The van der Waals surface area contributed by atoms with Gasteiger partial charge >= 0.3 is 6.03 Å². The Balaban J connectivity index is 1.58. The first-order chi connectivity index (χ1) is 12.4. The molecule has 1 N–H and O–H groups in total. The highest BCUT2D eigenvalue weighted by Gasteiger charge is 2.22. The average Bonchev–Trinajstić information content (AvgIpc) is 2.65. The van der Waals surface area contributed by atoms with Crippen LogP contribution in [0.4, 0.5) is 16.3 Å². The maximum Gasteiger partial charge on any atom is 0.321 e. The van der Waals surface area contributed by atoms with E-state index in [4.69, 9.17) is 11.6 Å². The fourth-order valence-electron chi connectivity index (χ4n) is 2.83. The summed E-state index contributed by atoms with van der Waals surface area (Å²) in [5, 5.41) is 3.57. The van der Waals surface area contributed by atoms with E-state index in [1.807, 2.05) is 30.0 Å². The first kappa shape index (κ1) is 18.5. The first-order valence-electron chi connectivity index (χ1n) is 8.84. The molecule has 2 amide bonds. The van der Waals surface area contributed by atoms with Gasteiger partial charge in [-0.2, -0.15) is 0 Å². The Kier molecular flexibility index (Phi) is 5.61. The van der Waals surface area contributed by atoms with Crippen molar-refractivity contribution in [2.75, 3.05) is 36.4 Å². The molecule has 2 heterocycles. The largest absolute Gasteiger partial charge is 0.353 e. The van der Waals surface area contributed by atoms with Gasteiger partial charge in [0.1, 0.15) is 11.6 Å². The molecule has 1 aromatic heterocycles. The van der Waals surface area contributed by atoms with Gasteiger partial charge in [-0.15, -0.1) is 0 Å². The minimum absolute atomic E-state index is 0.102. The van der Waals surface area contributed by atoms with Crippen molar-refractivity contribution in [1.82, 2.24) is 14.9 Å². The van der Waals surface area contributed by atoms with Crippen LogP contribution in [0.3, 0.4) is 0 Å².